The number of sulfonamides is 1. The minimum Gasteiger partial charge on any atom is -0.207 e. The van der Waals surface area contributed by atoms with Crippen molar-refractivity contribution in [1.82, 2.24) is 4.31 Å². The van der Waals surface area contributed by atoms with Gasteiger partial charge < -0.3 is 0 Å². The first-order valence-corrected chi connectivity index (χ1v) is 8.14. The van der Waals surface area contributed by atoms with Gasteiger partial charge in [0.1, 0.15) is 0 Å². The second-order valence-corrected chi connectivity index (χ2v) is 6.71. The van der Waals surface area contributed by atoms with E-state index >= 15 is 0 Å². The molecule has 1 aliphatic rings. The summed E-state index contributed by atoms with van der Waals surface area (Å²) in [5.41, 5.74) is 1.17. The molecule has 0 saturated carbocycles. The highest BCUT2D eigenvalue weighted by Crippen LogP contribution is 2.27. The van der Waals surface area contributed by atoms with Gasteiger partial charge in [-0.15, -0.1) is 0 Å². The van der Waals surface area contributed by atoms with Crippen molar-refractivity contribution in [2.75, 3.05) is 6.54 Å². The van der Waals surface area contributed by atoms with E-state index in [-0.39, 0.29) is 6.04 Å². The second kappa shape index (κ2) is 5.41. The molecule has 1 aromatic rings. The Balaban J connectivity index is 2.29. The third kappa shape index (κ3) is 2.45. The van der Waals surface area contributed by atoms with E-state index in [9.17, 15) is 8.42 Å². The van der Waals surface area contributed by atoms with Gasteiger partial charge in [-0.3, -0.25) is 0 Å². The highest BCUT2D eigenvalue weighted by atomic mass is 32.2. The second-order valence-electron chi connectivity index (χ2n) is 4.82. The molecule has 1 heterocycles. The van der Waals surface area contributed by atoms with E-state index < -0.39 is 10.0 Å². The lowest BCUT2D eigenvalue weighted by atomic mass is 10.2. The van der Waals surface area contributed by atoms with Crippen molar-refractivity contribution in [2.24, 2.45) is 0 Å². The van der Waals surface area contributed by atoms with Gasteiger partial charge in [0.2, 0.25) is 10.0 Å². The van der Waals surface area contributed by atoms with Crippen molar-refractivity contribution >= 4 is 10.0 Å². The molecule has 1 saturated heterocycles. The molecule has 1 aliphatic heterocycles. The molecule has 1 aromatic carbocycles. The third-order valence-corrected chi connectivity index (χ3v) is 5.70. The standard InChI is InChI=1S/C14H21NO2S/c1-3-12-7-9-14(10-8-12)18(16,17)15-11-5-6-13(15)4-2/h7-10,13H,3-6,11H2,1-2H3. The van der Waals surface area contributed by atoms with E-state index in [4.69, 9.17) is 0 Å². The minimum absolute atomic E-state index is 0.181. The summed E-state index contributed by atoms with van der Waals surface area (Å²) in [4.78, 5) is 0.431. The average molecular weight is 267 g/mol. The fourth-order valence-electron chi connectivity index (χ4n) is 2.57. The van der Waals surface area contributed by atoms with Crippen molar-refractivity contribution in [2.45, 2.75) is 50.5 Å². The molecule has 1 atom stereocenters. The van der Waals surface area contributed by atoms with Crippen LogP contribution in [0.3, 0.4) is 0 Å². The molecule has 0 spiro atoms. The quantitative estimate of drug-likeness (QED) is 0.841. The third-order valence-electron chi connectivity index (χ3n) is 3.73. The van der Waals surface area contributed by atoms with Crippen LogP contribution in [0.15, 0.2) is 29.2 Å². The maximum Gasteiger partial charge on any atom is 0.243 e. The van der Waals surface area contributed by atoms with Gasteiger partial charge in [-0.25, -0.2) is 8.42 Å². The lowest BCUT2D eigenvalue weighted by Crippen LogP contribution is -2.35. The zero-order valence-electron chi connectivity index (χ0n) is 11.1. The van der Waals surface area contributed by atoms with Gasteiger partial charge in [-0.2, -0.15) is 4.31 Å². The molecule has 0 aliphatic carbocycles. The molecule has 4 heteroatoms. The van der Waals surface area contributed by atoms with Crippen LogP contribution in [0.2, 0.25) is 0 Å². The van der Waals surface area contributed by atoms with Gasteiger partial charge in [-0.05, 0) is 43.4 Å². The normalized spacial score (nSPS) is 21.3. The number of hydrogen-bond acceptors (Lipinski definition) is 2. The van der Waals surface area contributed by atoms with Crippen molar-refractivity contribution < 1.29 is 8.42 Å². The van der Waals surface area contributed by atoms with Crippen molar-refractivity contribution in [3.63, 3.8) is 0 Å². The highest BCUT2D eigenvalue weighted by Gasteiger charge is 2.33. The highest BCUT2D eigenvalue weighted by molar-refractivity contribution is 7.89. The van der Waals surface area contributed by atoms with Gasteiger partial charge in [0, 0.05) is 12.6 Å². The van der Waals surface area contributed by atoms with Crippen LogP contribution in [-0.2, 0) is 16.4 Å². The van der Waals surface area contributed by atoms with E-state index in [0.29, 0.717) is 11.4 Å². The van der Waals surface area contributed by atoms with Crippen LogP contribution in [0.4, 0.5) is 0 Å². The van der Waals surface area contributed by atoms with Gasteiger partial charge >= 0.3 is 0 Å². The largest absolute Gasteiger partial charge is 0.243 e. The topological polar surface area (TPSA) is 37.4 Å². The van der Waals surface area contributed by atoms with Crippen LogP contribution in [0, 0.1) is 0 Å². The zero-order chi connectivity index (χ0) is 13.2. The van der Waals surface area contributed by atoms with Crippen molar-refractivity contribution in [3.05, 3.63) is 29.8 Å². The minimum atomic E-state index is -3.29. The predicted octanol–water partition coefficient (Wildman–Crippen LogP) is 2.81. The number of rotatable bonds is 4. The molecular weight excluding hydrogens is 246 g/mol. The number of nitrogens with zero attached hydrogens (tertiary/aromatic N) is 1. The Morgan fingerprint density at radius 3 is 2.44 bits per heavy atom. The molecule has 0 amide bonds. The zero-order valence-corrected chi connectivity index (χ0v) is 11.9. The first kappa shape index (κ1) is 13.6. The predicted molar refractivity (Wildman–Crippen MR) is 73.0 cm³/mol. The summed E-state index contributed by atoms with van der Waals surface area (Å²) in [6.07, 6.45) is 3.79. The van der Waals surface area contributed by atoms with E-state index in [2.05, 4.69) is 13.8 Å². The Morgan fingerprint density at radius 2 is 1.89 bits per heavy atom. The van der Waals surface area contributed by atoms with Crippen molar-refractivity contribution in [3.8, 4) is 0 Å². The maximum atomic E-state index is 12.5. The van der Waals surface area contributed by atoms with Crippen LogP contribution in [0.25, 0.3) is 0 Å². The van der Waals surface area contributed by atoms with Gasteiger partial charge in [-0.1, -0.05) is 26.0 Å². The summed E-state index contributed by atoms with van der Waals surface area (Å²) in [5.74, 6) is 0. The Hall–Kier alpha value is -0.870. The monoisotopic (exact) mass is 267 g/mol. The molecule has 0 N–H and O–H groups in total. The van der Waals surface area contributed by atoms with Crippen LogP contribution >= 0.6 is 0 Å². The Kier molecular flexibility index (Phi) is 4.07. The molecule has 3 nitrogen and oxygen atoms in total. The SMILES string of the molecule is CCc1ccc(S(=O)(=O)N2CCCC2CC)cc1. The van der Waals surface area contributed by atoms with E-state index in [0.717, 1.165) is 25.7 Å². The molecule has 0 aromatic heterocycles. The van der Waals surface area contributed by atoms with E-state index in [1.165, 1.54) is 5.56 Å². The lowest BCUT2D eigenvalue weighted by Gasteiger charge is -2.23. The van der Waals surface area contributed by atoms with Crippen LogP contribution in [-0.4, -0.2) is 25.3 Å². The summed E-state index contributed by atoms with van der Waals surface area (Å²) in [5, 5.41) is 0. The summed E-state index contributed by atoms with van der Waals surface area (Å²) in [6.45, 7) is 4.78. The van der Waals surface area contributed by atoms with Crippen LogP contribution in [0.1, 0.15) is 38.7 Å². The molecular formula is C14H21NO2S. The Labute approximate surface area is 110 Å². The Bertz CT molecular complexity index is 493. The number of hydrogen-bond donors (Lipinski definition) is 0. The molecule has 1 fully saturated rings. The van der Waals surface area contributed by atoms with Gasteiger partial charge in [0.05, 0.1) is 4.90 Å². The first-order chi connectivity index (χ1) is 8.59. The van der Waals surface area contributed by atoms with E-state index in [1.807, 2.05) is 12.1 Å². The fraction of sp³-hybridized carbons (Fsp3) is 0.571. The van der Waals surface area contributed by atoms with Crippen LogP contribution < -0.4 is 0 Å². The lowest BCUT2D eigenvalue weighted by molar-refractivity contribution is 0.379. The molecule has 0 radical (unpaired) electrons. The molecule has 0 bridgehead atoms. The molecule has 100 valence electrons. The summed E-state index contributed by atoms with van der Waals surface area (Å²) in [6, 6.07) is 7.47. The number of benzene rings is 1. The Morgan fingerprint density at radius 1 is 1.22 bits per heavy atom. The molecule has 18 heavy (non-hydrogen) atoms. The van der Waals surface area contributed by atoms with Crippen molar-refractivity contribution in [1.29, 1.82) is 0 Å². The summed E-state index contributed by atoms with van der Waals surface area (Å²) in [7, 11) is -3.29. The average Bonchev–Trinajstić information content (AvgIpc) is 2.88. The first-order valence-electron chi connectivity index (χ1n) is 6.70. The van der Waals surface area contributed by atoms with Gasteiger partial charge in [0.25, 0.3) is 0 Å². The molecule has 2 rings (SSSR count). The van der Waals surface area contributed by atoms with Gasteiger partial charge in [0.15, 0.2) is 0 Å². The molecule has 1 unspecified atom stereocenters. The van der Waals surface area contributed by atoms with E-state index in [1.54, 1.807) is 16.4 Å². The van der Waals surface area contributed by atoms with Crippen LogP contribution in [0.5, 0.6) is 0 Å². The summed E-state index contributed by atoms with van der Waals surface area (Å²) < 4.78 is 26.7. The maximum absolute atomic E-state index is 12.5. The number of aryl methyl sites for hydroxylation is 1. The fourth-order valence-corrected chi connectivity index (χ4v) is 4.33. The smallest absolute Gasteiger partial charge is 0.207 e. The summed E-state index contributed by atoms with van der Waals surface area (Å²) >= 11 is 0.